The fraction of sp³-hybridized carbons (Fsp3) is 0.846. The van der Waals surface area contributed by atoms with Gasteiger partial charge in [0, 0.05) is 13.0 Å². The summed E-state index contributed by atoms with van der Waals surface area (Å²) in [5.41, 5.74) is 0. The van der Waals surface area contributed by atoms with Crippen LogP contribution in [-0.2, 0) is 14.3 Å². The summed E-state index contributed by atoms with van der Waals surface area (Å²) in [6.07, 6.45) is 2.50. The molecule has 0 spiro atoms. The fourth-order valence-corrected chi connectivity index (χ4v) is 2.22. The molecule has 1 fully saturated rings. The highest BCUT2D eigenvalue weighted by molar-refractivity contribution is 5.83. The van der Waals surface area contributed by atoms with Crippen molar-refractivity contribution >= 4 is 11.9 Å². The molecular formula is C13H23NO4. The maximum Gasteiger partial charge on any atom is 0.326 e. The second kappa shape index (κ2) is 6.73. The van der Waals surface area contributed by atoms with Crippen LogP contribution in [0.2, 0.25) is 0 Å². The van der Waals surface area contributed by atoms with Gasteiger partial charge in [-0.2, -0.15) is 0 Å². The minimum Gasteiger partial charge on any atom is -0.480 e. The molecule has 5 nitrogen and oxygen atoms in total. The number of aliphatic carboxylic acids is 1. The van der Waals surface area contributed by atoms with E-state index >= 15 is 0 Å². The molecule has 0 saturated heterocycles. The molecule has 0 aliphatic heterocycles. The summed E-state index contributed by atoms with van der Waals surface area (Å²) in [6.45, 7) is 6.24. The smallest absolute Gasteiger partial charge is 0.326 e. The van der Waals surface area contributed by atoms with Gasteiger partial charge in [0.2, 0.25) is 5.91 Å². The summed E-state index contributed by atoms with van der Waals surface area (Å²) in [4.78, 5) is 22.7. The number of hydrogen-bond donors (Lipinski definition) is 2. The number of carbonyl (C=O) groups is 2. The molecule has 18 heavy (non-hydrogen) atoms. The van der Waals surface area contributed by atoms with Gasteiger partial charge in [0.05, 0.1) is 6.10 Å². The van der Waals surface area contributed by atoms with Gasteiger partial charge in [0.1, 0.15) is 6.04 Å². The number of ether oxygens (including phenoxy) is 1. The zero-order chi connectivity index (χ0) is 13.7. The van der Waals surface area contributed by atoms with E-state index in [1.165, 1.54) is 0 Å². The van der Waals surface area contributed by atoms with Gasteiger partial charge in [-0.25, -0.2) is 4.79 Å². The molecule has 0 aromatic rings. The third kappa shape index (κ3) is 4.29. The third-order valence-corrected chi connectivity index (χ3v) is 3.32. The van der Waals surface area contributed by atoms with Crippen LogP contribution in [0.3, 0.4) is 0 Å². The minimum atomic E-state index is -0.973. The summed E-state index contributed by atoms with van der Waals surface area (Å²) in [7, 11) is 0. The first-order chi connectivity index (χ1) is 8.43. The standard InChI is InChI=1S/C13H23NO4/c1-4-18-10-5-9(6-10)7-11(15)14-12(8(2)3)13(16)17/h8-10,12H,4-7H2,1-3H3,(H,14,15)(H,16,17). The van der Waals surface area contributed by atoms with Gasteiger partial charge in [-0.3, -0.25) is 4.79 Å². The van der Waals surface area contributed by atoms with Crippen LogP contribution < -0.4 is 5.32 Å². The zero-order valence-electron chi connectivity index (χ0n) is 11.3. The van der Waals surface area contributed by atoms with Crippen LogP contribution in [0, 0.1) is 11.8 Å². The number of rotatable bonds is 7. The predicted octanol–water partition coefficient (Wildman–Crippen LogP) is 1.42. The van der Waals surface area contributed by atoms with Gasteiger partial charge in [0.25, 0.3) is 0 Å². The molecule has 104 valence electrons. The van der Waals surface area contributed by atoms with Crippen molar-refractivity contribution in [2.45, 2.75) is 52.2 Å². The first-order valence-corrected chi connectivity index (χ1v) is 6.57. The molecule has 0 radical (unpaired) electrons. The monoisotopic (exact) mass is 257 g/mol. The largest absolute Gasteiger partial charge is 0.480 e. The summed E-state index contributed by atoms with van der Waals surface area (Å²) >= 11 is 0. The molecule has 0 aromatic carbocycles. The van der Waals surface area contributed by atoms with Crippen molar-refractivity contribution in [2.75, 3.05) is 6.61 Å². The lowest BCUT2D eigenvalue weighted by molar-refractivity contribution is -0.143. The normalized spacial score (nSPS) is 24.4. The molecule has 0 bridgehead atoms. The Morgan fingerprint density at radius 2 is 2.00 bits per heavy atom. The maximum atomic E-state index is 11.7. The van der Waals surface area contributed by atoms with E-state index in [0.717, 1.165) is 12.8 Å². The van der Waals surface area contributed by atoms with Crippen molar-refractivity contribution in [1.29, 1.82) is 0 Å². The van der Waals surface area contributed by atoms with Gasteiger partial charge < -0.3 is 15.2 Å². The first kappa shape index (κ1) is 15.0. The predicted molar refractivity (Wildman–Crippen MR) is 67.2 cm³/mol. The van der Waals surface area contributed by atoms with Crippen molar-refractivity contribution in [1.82, 2.24) is 5.32 Å². The lowest BCUT2D eigenvalue weighted by Gasteiger charge is -2.34. The molecule has 5 heteroatoms. The van der Waals surface area contributed by atoms with Crippen LogP contribution in [0.1, 0.15) is 40.0 Å². The van der Waals surface area contributed by atoms with Crippen LogP contribution in [-0.4, -0.2) is 35.7 Å². The second-order valence-corrected chi connectivity index (χ2v) is 5.25. The van der Waals surface area contributed by atoms with Crippen LogP contribution in [0.15, 0.2) is 0 Å². The molecule has 1 atom stereocenters. The molecule has 1 amide bonds. The second-order valence-electron chi connectivity index (χ2n) is 5.25. The van der Waals surface area contributed by atoms with E-state index in [1.54, 1.807) is 13.8 Å². The summed E-state index contributed by atoms with van der Waals surface area (Å²) < 4.78 is 5.42. The van der Waals surface area contributed by atoms with Crippen LogP contribution in [0.25, 0.3) is 0 Å². The average Bonchev–Trinajstić information content (AvgIpc) is 2.22. The Morgan fingerprint density at radius 3 is 2.44 bits per heavy atom. The first-order valence-electron chi connectivity index (χ1n) is 6.57. The van der Waals surface area contributed by atoms with Crippen LogP contribution >= 0.6 is 0 Å². The molecule has 0 aromatic heterocycles. The van der Waals surface area contributed by atoms with E-state index in [2.05, 4.69) is 5.32 Å². The minimum absolute atomic E-state index is 0.107. The quantitative estimate of drug-likeness (QED) is 0.723. The number of carboxylic acids is 1. The maximum absolute atomic E-state index is 11.7. The van der Waals surface area contributed by atoms with Gasteiger partial charge in [-0.1, -0.05) is 13.8 Å². The highest BCUT2D eigenvalue weighted by Gasteiger charge is 2.32. The van der Waals surface area contributed by atoms with Crippen molar-refractivity contribution in [2.24, 2.45) is 11.8 Å². The lowest BCUT2D eigenvalue weighted by atomic mass is 9.80. The zero-order valence-corrected chi connectivity index (χ0v) is 11.3. The van der Waals surface area contributed by atoms with Gasteiger partial charge in [-0.15, -0.1) is 0 Å². The van der Waals surface area contributed by atoms with Crippen LogP contribution in [0.4, 0.5) is 0 Å². The van der Waals surface area contributed by atoms with Crippen molar-refractivity contribution in [3.63, 3.8) is 0 Å². The van der Waals surface area contributed by atoms with E-state index in [9.17, 15) is 9.59 Å². The summed E-state index contributed by atoms with van der Waals surface area (Å²) in [5.74, 6) is -0.914. The van der Waals surface area contributed by atoms with E-state index in [4.69, 9.17) is 9.84 Å². The topological polar surface area (TPSA) is 75.6 Å². The number of carbonyl (C=O) groups excluding carboxylic acids is 1. The van der Waals surface area contributed by atoms with E-state index in [1.807, 2.05) is 6.92 Å². The van der Waals surface area contributed by atoms with Crippen molar-refractivity contribution in [3.8, 4) is 0 Å². The lowest BCUT2D eigenvalue weighted by Crippen LogP contribution is -2.45. The SMILES string of the molecule is CCOC1CC(CC(=O)NC(C(=O)O)C(C)C)C1. The van der Waals surface area contributed by atoms with Gasteiger partial charge in [0.15, 0.2) is 0 Å². The van der Waals surface area contributed by atoms with Gasteiger partial charge >= 0.3 is 5.97 Å². The molecule has 1 aliphatic rings. The van der Waals surface area contributed by atoms with Crippen LogP contribution in [0.5, 0.6) is 0 Å². The van der Waals surface area contributed by atoms with Gasteiger partial charge in [-0.05, 0) is 31.6 Å². The van der Waals surface area contributed by atoms with E-state index in [0.29, 0.717) is 18.9 Å². The number of amides is 1. The Bertz CT molecular complexity index is 297. The highest BCUT2D eigenvalue weighted by atomic mass is 16.5. The number of nitrogens with one attached hydrogen (secondary N) is 1. The third-order valence-electron chi connectivity index (χ3n) is 3.32. The number of carboxylic acid groups (broad SMARTS) is 1. The average molecular weight is 257 g/mol. The molecule has 2 N–H and O–H groups in total. The summed E-state index contributed by atoms with van der Waals surface area (Å²) in [5, 5.41) is 11.6. The Kier molecular flexibility index (Phi) is 5.59. The molecule has 0 heterocycles. The highest BCUT2D eigenvalue weighted by Crippen LogP contribution is 2.32. The fourth-order valence-electron chi connectivity index (χ4n) is 2.22. The van der Waals surface area contributed by atoms with E-state index in [-0.39, 0.29) is 17.9 Å². The number of hydrogen-bond acceptors (Lipinski definition) is 3. The van der Waals surface area contributed by atoms with E-state index < -0.39 is 12.0 Å². The Hall–Kier alpha value is -1.10. The van der Waals surface area contributed by atoms with Crippen molar-refractivity contribution < 1.29 is 19.4 Å². The molecule has 1 aliphatic carbocycles. The molecule has 1 rings (SSSR count). The van der Waals surface area contributed by atoms with Crippen molar-refractivity contribution in [3.05, 3.63) is 0 Å². The molecule has 1 saturated carbocycles. The summed E-state index contributed by atoms with van der Waals surface area (Å²) in [6, 6.07) is -0.791. The molecular weight excluding hydrogens is 234 g/mol. The Morgan fingerprint density at radius 1 is 1.39 bits per heavy atom. The molecule has 1 unspecified atom stereocenters. The Balaban J connectivity index is 2.28. The Labute approximate surface area is 108 Å².